The van der Waals surface area contributed by atoms with Gasteiger partial charge in [-0.25, -0.2) is 4.79 Å². The van der Waals surface area contributed by atoms with E-state index in [-0.39, 0.29) is 11.3 Å². The van der Waals surface area contributed by atoms with E-state index in [0.717, 1.165) is 10.9 Å². The molecule has 0 fully saturated rings. The van der Waals surface area contributed by atoms with Gasteiger partial charge in [0, 0.05) is 11.5 Å². The fourth-order valence-electron chi connectivity index (χ4n) is 1.99. The van der Waals surface area contributed by atoms with Crippen LogP contribution < -0.4 is 0 Å². The van der Waals surface area contributed by atoms with Gasteiger partial charge in [-0.15, -0.1) is 5.11 Å². The summed E-state index contributed by atoms with van der Waals surface area (Å²) < 4.78 is 0. The smallest absolute Gasteiger partial charge is 0.339 e. The Morgan fingerprint density at radius 2 is 1.77 bits per heavy atom. The highest BCUT2D eigenvalue weighted by atomic mass is 16.4. The second-order valence-corrected chi connectivity index (χ2v) is 4.59. The first-order valence-electron chi connectivity index (χ1n) is 6.46. The number of hydrogen-bond donors (Lipinski definition) is 2. The Bertz CT molecular complexity index is 891. The molecule has 1 heterocycles. The van der Waals surface area contributed by atoms with Crippen LogP contribution in [-0.4, -0.2) is 21.2 Å². The number of para-hydroxylation sites is 1. The van der Waals surface area contributed by atoms with Crippen LogP contribution in [0.25, 0.3) is 10.9 Å². The van der Waals surface area contributed by atoms with E-state index in [0.29, 0.717) is 11.4 Å². The molecule has 0 aliphatic rings. The van der Waals surface area contributed by atoms with E-state index in [2.05, 4.69) is 15.2 Å². The molecule has 0 amide bonds. The highest BCUT2D eigenvalue weighted by molar-refractivity contribution is 5.91. The third-order valence-electron chi connectivity index (χ3n) is 3.07. The first-order valence-corrected chi connectivity index (χ1v) is 6.46. The maximum absolute atomic E-state index is 10.8. The summed E-state index contributed by atoms with van der Waals surface area (Å²) in [7, 11) is 0. The zero-order valence-electron chi connectivity index (χ0n) is 11.3. The Balaban J connectivity index is 1.89. The van der Waals surface area contributed by atoms with Gasteiger partial charge in [0.2, 0.25) is 0 Å². The zero-order chi connectivity index (χ0) is 15.5. The van der Waals surface area contributed by atoms with E-state index in [4.69, 9.17) is 5.11 Å². The Kier molecular flexibility index (Phi) is 3.49. The lowest BCUT2D eigenvalue weighted by Gasteiger charge is -2.00. The van der Waals surface area contributed by atoms with E-state index < -0.39 is 5.97 Å². The highest BCUT2D eigenvalue weighted by Crippen LogP contribution is 2.26. The van der Waals surface area contributed by atoms with Crippen molar-refractivity contribution in [3.63, 3.8) is 0 Å². The van der Waals surface area contributed by atoms with Gasteiger partial charge in [-0.2, -0.15) is 5.11 Å². The number of nitrogens with zero attached hydrogens (tertiary/aromatic N) is 3. The standard InChI is InChI=1S/C16H11N3O3/c20-15-8-11(5-6-13(15)16(21)22)18-19-12-7-10-3-1-2-4-14(10)17-9-12/h1-9,20H,(H,21,22). The average Bonchev–Trinajstić information content (AvgIpc) is 2.52. The first kappa shape index (κ1) is 13.7. The highest BCUT2D eigenvalue weighted by Gasteiger charge is 2.09. The molecule has 0 saturated carbocycles. The molecule has 2 aromatic carbocycles. The summed E-state index contributed by atoms with van der Waals surface area (Å²) >= 11 is 0. The van der Waals surface area contributed by atoms with Gasteiger partial charge in [0.1, 0.15) is 17.0 Å². The molecule has 0 unspecified atom stereocenters. The minimum Gasteiger partial charge on any atom is -0.507 e. The van der Waals surface area contributed by atoms with Crippen LogP contribution in [0.4, 0.5) is 11.4 Å². The number of aromatic nitrogens is 1. The zero-order valence-corrected chi connectivity index (χ0v) is 11.3. The molecule has 1 aromatic heterocycles. The summed E-state index contributed by atoms with van der Waals surface area (Å²) in [6.07, 6.45) is 1.59. The summed E-state index contributed by atoms with van der Waals surface area (Å²) in [6.45, 7) is 0. The number of carboxylic acid groups (broad SMARTS) is 1. The summed E-state index contributed by atoms with van der Waals surface area (Å²) in [5.41, 5.74) is 1.62. The van der Waals surface area contributed by atoms with Crippen molar-refractivity contribution in [2.75, 3.05) is 0 Å². The Morgan fingerprint density at radius 1 is 1.00 bits per heavy atom. The maximum Gasteiger partial charge on any atom is 0.339 e. The van der Waals surface area contributed by atoms with Crippen molar-refractivity contribution in [1.29, 1.82) is 0 Å². The van der Waals surface area contributed by atoms with E-state index in [9.17, 15) is 9.90 Å². The first-order chi connectivity index (χ1) is 10.6. The van der Waals surface area contributed by atoms with Crippen LogP contribution in [0.1, 0.15) is 10.4 Å². The molecule has 3 rings (SSSR count). The van der Waals surface area contributed by atoms with Crippen LogP contribution in [-0.2, 0) is 0 Å². The van der Waals surface area contributed by atoms with Gasteiger partial charge in [0.05, 0.1) is 17.4 Å². The summed E-state index contributed by atoms with van der Waals surface area (Å²) in [4.78, 5) is 15.1. The average molecular weight is 293 g/mol. The second kappa shape index (κ2) is 5.61. The molecule has 0 atom stereocenters. The van der Waals surface area contributed by atoms with Crippen LogP contribution in [0.3, 0.4) is 0 Å². The third-order valence-corrected chi connectivity index (χ3v) is 3.07. The van der Waals surface area contributed by atoms with Crippen molar-refractivity contribution < 1.29 is 15.0 Å². The van der Waals surface area contributed by atoms with Crippen molar-refractivity contribution >= 4 is 28.2 Å². The predicted molar refractivity (Wildman–Crippen MR) is 81.0 cm³/mol. The Morgan fingerprint density at radius 3 is 2.55 bits per heavy atom. The maximum atomic E-state index is 10.8. The van der Waals surface area contributed by atoms with Crippen molar-refractivity contribution in [3.8, 4) is 5.75 Å². The second-order valence-electron chi connectivity index (χ2n) is 4.59. The van der Waals surface area contributed by atoms with Crippen molar-refractivity contribution in [2.24, 2.45) is 10.2 Å². The number of azo groups is 1. The Hall–Kier alpha value is -3.28. The molecule has 0 aliphatic heterocycles. The number of phenols is 1. The molecule has 0 radical (unpaired) electrons. The fourth-order valence-corrected chi connectivity index (χ4v) is 1.99. The summed E-state index contributed by atoms with van der Waals surface area (Å²) in [5.74, 6) is -1.54. The van der Waals surface area contributed by atoms with E-state index in [1.807, 2.05) is 30.3 Å². The van der Waals surface area contributed by atoms with Gasteiger partial charge in [0.25, 0.3) is 0 Å². The molecule has 22 heavy (non-hydrogen) atoms. The van der Waals surface area contributed by atoms with Gasteiger partial charge < -0.3 is 10.2 Å². The predicted octanol–water partition coefficient (Wildman–Crippen LogP) is 4.05. The number of fused-ring (bicyclic) bond motifs is 1. The number of rotatable bonds is 3. The van der Waals surface area contributed by atoms with Crippen LogP contribution >= 0.6 is 0 Å². The van der Waals surface area contributed by atoms with E-state index >= 15 is 0 Å². The number of hydrogen-bond acceptors (Lipinski definition) is 5. The molecule has 0 spiro atoms. The van der Waals surface area contributed by atoms with Gasteiger partial charge >= 0.3 is 5.97 Å². The summed E-state index contributed by atoms with van der Waals surface area (Å²) in [5, 5.41) is 27.4. The lowest BCUT2D eigenvalue weighted by Crippen LogP contribution is -1.95. The third kappa shape index (κ3) is 2.76. The van der Waals surface area contributed by atoms with Crippen molar-refractivity contribution in [2.45, 2.75) is 0 Å². The molecule has 0 aliphatic carbocycles. The lowest BCUT2D eigenvalue weighted by atomic mass is 10.2. The molecular weight excluding hydrogens is 282 g/mol. The number of aromatic hydroxyl groups is 1. The van der Waals surface area contributed by atoms with Crippen molar-refractivity contribution in [3.05, 3.63) is 60.3 Å². The molecule has 108 valence electrons. The van der Waals surface area contributed by atoms with Gasteiger partial charge in [0.15, 0.2) is 0 Å². The number of pyridine rings is 1. The van der Waals surface area contributed by atoms with Gasteiger partial charge in [-0.05, 0) is 24.3 Å². The monoisotopic (exact) mass is 293 g/mol. The molecule has 3 aromatic rings. The van der Waals surface area contributed by atoms with Crippen LogP contribution in [0.2, 0.25) is 0 Å². The number of carboxylic acids is 1. The topological polar surface area (TPSA) is 95.1 Å². The quantitative estimate of drug-likeness (QED) is 0.712. The summed E-state index contributed by atoms with van der Waals surface area (Å²) in [6, 6.07) is 13.5. The lowest BCUT2D eigenvalue weighted by molar-refractivity contribution is 0.0694. The number of aromatic carboxylic acids is 1. The van der Waals surface area contributed by atoms with Crippen LogP contribution in [0.5, 0.6) is 5.75 Å². The largest absolute Gasteiger partial charge is 0.507 e. The number of carbonyl (C=O) groups is 1. The molecule has 0 saturated heterocycles. The molecule has 6 nitrogen and oxygen atoms in total. The normalized spacial score (nSPS) is 11.1. The van der Waals surface area contributed by atoms with Crippen molar-refractivity contribution in [1.82, 2.24) is 4.98 Å². The van der Waals surface area contributed by atoms with Gasteiger partial charge in [-0.1, -0.05) is 18.2 Å². The van der Waals surface area contributed by atoms with Crippen LogP contribution in [0, 0.1) is 0 Å². The van der Waals surface area contributed by atoms with Crippen LogP contribution in [0.15, 0.2) is 65.0 Å². The van der Waals surface area contributed by atoms with E-state index in [1.165, 1.54) is 18.2 Å². The minimum absolute atomic E-state index is 0.175. The van der Waals surface area contributed by atoms with Gasteiger partial charge in [-0.3, -0.25) is 4.98 Å². The number of benzene rings is 2. The minimum atomic E-state index is -1.19. The molecule has 0 bridgehead atoms. The Labute approximate surface area is 125 Å². The fraction of sp³-hybridized carbons (Fsp3) is 0. The van der Waals surface area contributed by atoms with E-state index in [1.54, 1.807) is 6.20 Å². The molecule has 6 heteroatoms. The SMILES string of the molecule is O=C(O)c1ccc(N=Nc2cnc3ccccc3c2)cc1O. The molecular formula is C16H11N3O3. The molecule has 2 N–H and O–H groups in total.